The summed E-state index contributed by atoms with van der Waals surface area (Å²) in [5.74, 6) is 3.10. The van der Waals surface area contributed by atoms with E-state index in [-0.39, 0.29) is 11.8 Å². The standard InChI is InChI=1S/C29H25N7O.C25H18N6.C24H17N7.C24H16N6/c1-17(2)12-26(37)32-20-13-19(15-30-16-20)18-9-10-24-22(14-18)28(36-35-24)29-33-25-8-5-6-21(27(25)34-29)23-7-3-4-11-31-23;1-15-10-12-26-14-19(15)16-8-9-21-18(13-16)24(31-30-21)25-28-22-7-4-5-17(23(22)29-25)20-6-2-3-11-27-20;25-16-10-15(12-26-13-16)14-7-8-20-18(11-14)23(31-30-20)24-28-21-6-3-4-17(22(21)29-24)19-5-1-2-9-27-19;1-2-12-26-19(7-1)17-6-3-8-21-22(17)28-24(27-21)23-18-13-15(9-10-20(18)29-30-23)16-5-4-11-25-14-16/h3-11,13-17H,12H2,1-2H3,(H,32,37)(H,33,34)(H,35,36);2-14H,1H3,(H,28,29)(H,30,31);1-13H,25H2,(H,28,29)(H,30,31);1-14H,(H,27,28)(H,29,30). The lowest BCUT2D eigenvalue weighted by atomic mass is 10.0. The summed E-state index contributed by atoms with van der Waals surface area (Å²) in [5.41, 5.74) is 38.1. The molecule has 0 aliphatic rings. The molecule has 8 aromatic carbocycles. The molecule has 27 nitrogen and oxygen atoms in total. The van der Waals surface area contributed by atoms with Gasteiger partial charge in [0.1, 0.15) is 22.8 Å². The first-order valence-corrected chi connectivity index (χ1v) is 41.8. The van der Waals surface area contributed by atoms with E-state index in [1.165, 1.54) is 5.56 Å². The second-order valence-electron chi connectivity index (χ2n) is 31.4. The molecule has 620 valence electrons. The van der Waals surface area contributed by atoms with Gasteiger partial charge in [0.05, 0.1) is 107 Å². The summed E-state index contributed by atoms with van der Waals surface area (Å²) in [6.45, 7) is 6.14. The van der Waals surface area contributed by atoms with Gasteiger partial charge in [-0.05, 0) is 186 Å². The zero-order valence-electron chi connectivity index (χ0n) is 69.5. The average Bonchev–Trinajstić information content (AvgIpc) is 1.63. The van der Waals surface area contributed by atoms with Crippen molar-refractivity contribution >= 4 is 105 Å². The minimum absolute atomic E-state index is 0.0171. The predicted octanol–water partition coefficient (Wildman–Crippen LogP) is 21.8. The fourth-order valence-electron chi connectivity index (χ4n) is 16.1. The third-order valence-corrected chi connectivity index (χ3v) is 22.3. The van der Waals surface area contributed by atoms with Crippen molar-refractivity contribution < 1.29 is 4.79 Å². The summed E-state index contributed by atoms with van der Waals surface area (Å²) >= 11 is 0. The molecule has 0 unspecified atom stereocenters. The fraction of sp³-hybridized carbons (Fsp3) is 0.0490. The van der Waals surface area contributed by atoms with Crippen LogP contribution in [0.1, 0.15) is 25.8 Å². The van der Waals surface area contributed by atoms with Gasteiger partial charge in [-0.25, -0.2) is 19.9 Å². The lowest BCUT2D eigenvalue weighted by Crippen LogP contribution is -2.13. The number of benzene rings is 8. The predicted molar refractivity (Wildman–Crippen MR) is 508 cm³/mol. The van der Waals surface area contributed by atoms with E-state index in [4.69, 9.17) is 25.7 Å². The van der Waals surface area contributed by atoms with Crippen LogP contribution in [-0.2, 0) is 4.79 Å². The van der Waals surface area contributed by atoms with Gasteiger partial charge in [-0.2, -0.15) is 20.4 Å². The maximum Gasteiger partial charge on any atom is 0.224 e. The van der Waals surface area contributed by atoms with Crippen LogP contribution >= 0.6 is 0 Å². The van der Waals surface area contributed by atoms with Gasteiger partial charge in [0, 0.05) is 141 Å². The zero-order valence-corrected chi connectivity index (χ0v) is 69.5. The molecule has 0 bridgehead atoms. The first-order chi connectivity index (χ1) is 63.4. The molecule has 0 aliphatic carbocycles. The van der Waals surface area contributed by atoms with Gasteiger partial charge in [0.25, 0.3) is 0 Å². The van der Waals surface area contributed by atoms with Gasteiger partial charge >= 0.3 is 0 Å². The van der Waals surface area contributed by atoms with Gasteiger partial charge in [0.15, 0.2) is 23.3 Å². The average molecular weight is 1680 g/mol. The summed E-state index contributed by atoms with van der Waals surface area (Å²) in [7, 11) is 0. The van der Waals surface area contributed by atoms with E-state index >= 15 is 0 Å². The lowest BCUT2D eigenvalue weighted by Gasteiger charge is -2.09. The molecule has 1 amide bonds. The Kier molecular flexibility index (Phi) is 20.6. The third kappa shape index (κ3) is 15.8. The van der Waals surface area contributed by atoms with Crippen molar-refractivity contribution in [3.63, 3.8) is 0 Å². The highest BCUT2D eigenvalue weighted by Gasteiger charge is 2.23. The van der Waals surface area contributed by atoms with Crippen LogP contribution in [0.5, 0.6) is 0 Å². The Morgan fingerprint density at radius 2 is 0.690 bits per heavy atom. The second kappa shape index (κ2) is 34.0. The van der Waals surface area contributed by atoms with Crippen molar-refractivity contribution in [2.75, 3.05) is 11.1 Å². The van der Waals surface area contributed by atoms with Crippen molar-refractivity contribution in [3.05, 3.63) is 329 Å². The number of nitrogens with zero attached hydrogens (tertiary/aromatic N) is 16. The molecule has 0 aliphatic heterocycles. The number of para-hydroxylation sites is 4. The molecule has 0 saturated heterocycles. The number of fused-ring (bicyclic) bond motifs is 8. The number of aromatic amines is 8. The van der Waals surface area contributed by atoms with E-state index in [0.717, 1.165) is 212 Å². The number of nitrogen functional groups attached to an aromatic ring is 1. The summed E-state index contributed by atoms with van der Waals surface area (Å²) in [6.07, 6.45) is 21.9. The van der Waals surface area contributed by atoms with Crippen LogP contribution in [0, 0.1) is 12.8 Å². The van der Waals surface area contributed by atoms with Crippen molar-refractivity contribution in [2.24, 2.45) is 5.92 Å². The molecule has 11 N–H and O–H groups in total. The number of nitrogens with two attached hydrogens (primary N) is 1. The van der Waals surface area contributed by atoms with Crippen molar-refractivity contribution in [2.45, 2.75) is 27.2 Å². The molecule has 27 heteroatoms. The number of anilines is 2. The molecule has 24 rings (SSSR count). The number of H-pyrrole nitrogens is 8. The van der Waals surface area contributed by atoms with Gasteiger partial charge < -0.3 is 31.0 Å². The maximum atomic E-state index is 12.2. The number of aryl methyl sites for hydroxylation is 1. The van der Waals surface area contributed by atoms with Crippen LogP contribution in [0.15, 0.2) is 323 Å². The number of imidazole rings is 4. The second-order valence-corrected chi connectivity index (χ2v) is 31.4. The van der Waals surface area contributed by atoms with Crippen LogP contribution in [0.4, 0.5) is 11.4 Å². The molecule has 129 heavy (non-hydrogen) atoms. The van der Waals surface area contributed by atoms with Crippen molar-refractivity contribution in [1.82, 2.24) is 121 Å². The topological polar surface area (TPSA) is 388 Å². The molecule has 0 radical (unpaired) electrons. The Morgan fingerprint density at radius 1 is 0.318 bits per heavy atom. The van der Waals surface area contributed by atoms with Gasteiger partial charge in [-0.1, -0.05) is 117 Å². The monoisotopic (exact) mass is 1680 g/mol. The molecular weight excluding hydrogens is 1610 g/mol. The molecular formula is C102H76N26O. The molecule has 24 aromatic rings. The van der Waals surface area contributed by atoms with Crippen LogP contribution in [0.2, 0.25) is 0 Å². The molecule has 16 aromatic heterocycles. The highest BCUT2D eigenvalue weighted by molar-refractivity contribution is 6.04. The van der Waals surface area contributed by atoms with Gasteiger partial charge in [-0.15, -0.1) is 0 Å². The summed E-state index contributed by atoms with van der Waals surface area (Å²) in [4.78, 5) is 80.6. The fourth-order valence-corrected chi connectivity index (χ4v) is 16.1. The van der Waals surface area contributed by atoms with E-state index in [0.29, 0.717) is 29.4 Å². The zero-order chi connectivity index (χ0) is 86.8. The van der Waals surface area contributed by atoms with Crippen molar-refractivity contribution in [3.8, 4) is 136 Å². The number of hydrogen-bond acceptors (Lipinski definition) is 18. The first kappa shape index (κ1) is 78.3. The lowest BCUT2D eigenvalue weighted by molar-refractivity contribution is -0.116. The third-order valence-electron chi connectivity index (χ3n) is 22.3. The number of carbonyl (C=O) groups excluding carboxylic acids is 1. The SMILES string of the molecule is CC(C)CC(=O)Nc1cncc(-c2ccc3[nH]nc(-c4nc5c(-c6ccccn6)cccc5[nH]4)c3c2)c1.Cc1ccncc1-c1ccc2[nH]nc(-c3nc4c(-c5ccccn5)cccc4[nH]3)c2c1.Nc1cncc(-c2ccc3[nH]nc(-c4nc5c(-c6ccccn6)cccc5[nH]4)c3c2)c1.c1ccc(-c2cccc3[nH]c(-c4n[nH]c5ccc(-c6cccnc6)cc45)nc23)nc1. The normalized spacial score (nSPS) is 11.4. The van der Waals surface area contributed by atoms with Crippen LogP contribution in [0.25, 0.3) is 223 Å². The van der Waals surface area contributed by atoms with E-state index in [9.17, 15) is 4.79 Å². The number of carbonyl (C=O) groups is 1. The largest absolute Gasteiger partial charge is 0.397 e. The number of hydrogen-bond donors (Lipinski definition) is 10. The minimum Gasteiger partial charge on any atom is -0.397 e. The Hall–Kier alpha value is -18.0. The van der Waals surface area contributed by atoms with Crippen LogP contribution in [-0.4, -0.2) is 126 Å². The Morgan fingerprint density at radius 3 is 1.06 bits per heavy atom. The maximum absolute atomic E-state index is 12.2. The number of rotatable bonds is 15. The highest BCUT2D eigenvalue weighted by Crippen LogP contribution is 2.40. The Balaban J connectivity index is 0.000000105. The molecule has 0 spiro atoms. The summed E-state index contributed by atoms with van der Waals surface area (Å²) < 4.78 is 0. The number of aromatic nitrogens is 24. The highest BCUT2D eigenvalue weighted by atomic mass is 16.1. The molecule has 0 fully saturated rings. The summed E-state index contributed by atoms with van der Waals surface area (Å²) in [6, 6.07) is 82.3. The minimum atomic E-state index is -0.0171. The van der Waals surface area contributed by atoms with Crippen LogP contribution < -0.4 is 11.1 Å². The van der Waals surface area contributed by atoms with Gasteiger partial charge in [0.2, 0.25) is 5.91 Å². The summed E-state index contributed by atoms with van der Waals surface area (Å²) in [5, 5.41) is 37.6. The van der Waals surface area contributed by atoms with E-state index in [2.05, 4.69) is 155 Å². The number of nitrogens with one attached hydrogen (secondary N) is 9. The Bertz CT molecular complexity index is 8240. The number of pyridine rings is 8. The van der Waals surface area contributed by atoms with E-state index in [1.807, 2.05) is 239 Å². The van der Waals surface area contributed by atoms with Crippen molar-refractivity contribution in [1.29, 1.82) is 0 Å². The van der Waals surface area contributed by atoms with Gasteiger partial charge in [-0.3, -0.25) is 65.1 Å². The van der Waals surface area contributed by atoms with E-state index in [1.54, 1.807) is 55.8 Å². The first-order valence-electron chi connectivity index (χ1n) is 41.8. The van der Waals surface area contributed by atoms with E-state index < -0.39 is 0 Å². The molecule has 0 saturated carbocycles. The molecule has 16 heterocycles. The van der Waals surface area contributed by atoms with Crippen LogP contribution in [0.3, 0.4) is 0 Å². The Labute approximate surface area is 734 Å². The quantitative estimate of drug-likeness (QED) is 0.0456. The smallest absolute Gasteiger partial charge is 0.224 e. The molecule has 0 atom stereocenters. The number of amides is 1.